The van der Waals surface area contributed by atoms with E-state index in [0.717, 1.165) is 51.6 Å². The molecule has 2 atom stereocenters. The molecule has 2 saturated carbocycles. The van der Waals surface area contributed by atoms with Crippen molar-refractivity contribution in [1.82, 2.24) is 25.3 Å². The van der Waals surface area contributed by atoms with E-state index < -0.39 is 0 Å². The maximum absolute atomic E-state index is 12.8. The van der Waals surface area contributed by atoms with E-state index in [4.69, 9.17) is 20.5 Å². The van der Waals surface area contributed by atoms with Crippen molar-refractivity contribution in [1.29, 1.82) is 5.26 Å². The first-order valence-corrected chi connectivity index (χ1v) is 12.2. The van der Waals surface area contributed by atoms with E-state index in [1.54, 1.807) is 12.3 Å². The Balaban J connectivity index is 1.22. The standard InChI is InChI=1S/C24H30N8O3/c25-10-16-8-17(16)13-35-24-30-19(23(33)29-18-2-1-3-18)9-21(31-24)32-6-4-15(5-7-32)12-34-20-11-27-14-28-22(20)26/h9,11,14-18H,1-8,12-13H2,(H,29,33)(H2,26,27,28)/t16-,17+/m0/s1. The summed E-state index contributed by atoms with van der Waals surface area (Å²) in [6.07, 6.45) is 8.76. The van der Waals surface area contributed by atoms with Gasteiger partial charge in [0.1, 0.15) is 17.8 Å². The summed E-state index contributed by atoms with van der Waals surface area (Å²) in [6, 6.07) is 4.41. The Hall–Kier alpha value is -3.68. The van der Waals surface area contributed by atoms with Gasteiger partial charge in [-0.05, 0) is 44.4 Å². The van der Waals surface area contributed by atoms with Crippen molar-refractivity contribution in [3.63, 3.8) is 0 Å². The Morgan fingerprint density at radius 3 is 2.71 bits per heavy atom. The molecule has 0 spiro atoms. The molecule has 0 unspecified atom stereocenters. The zero-order valence-corrected chi connectivity index (χ0v) is 19.6. The van der Waals surface area contributed by atoms with Gasteiger partial charge in [-0.3, -0.25) is 4.79 Å². The number of piperidine rings is 1. The molecule has 1 aliphatic heterocycles. The van der Waals surface area contributed by atoms with Crippen LogP contribution in [-0.4, -0.2) is 58.2 Å². The summed E-state index contributed by atoms with van der Waals surface area (Å²) in [7, 11) is 0. The highest BCUT2D eigenvalue weighted by molar-refractivity contribution is 5.93. The van der Waals surface area contributed by atoms with Crippen LogP contribution in [0.4, 0.5) is 11.6 Å². The van der Waals surface area contributed by atoms with E-state index in [2.05, 4.69) is 36.2 Å². The van der Waals surface area contributed by atoms with Crippen LogP contribution in [0.3, 0.4) is 0 Å². The van der Waals surface area contributed by atoms with Gasteiger partial charge in [0.05, 0.1) is 31.4 Å². The van der Waals surface area contributed by atoms with Crippen LogP contribution in [0.5, 0.6) is 11.8 Å². The number of nitrogens with zero attached hydrogens (tertiary/aromatic N) is 6. The Bertz CT molecular complexity index is 1090. The molecule has 3 fully saturated rings. The summed E-state index contributed by atoms with van der Waals surface area (Å²) in [6.45, 7) is 2.47. The molecule has 2 aromatic heterocycles. The average molecular weight is 479 g/mol. The molecule has 0 aromatic carbocycles. The molecule has 3 N–H and O–H groups in total. The van der Waals surface area contributed by atoms with E-state index >= 15 is 0 Å². The van der Waals surface area contributed by atoms with Crippen molar-refractivity contribution >= 4 is 17.5 Å². The van der Waals surface area contributed by atoms with Gasteiger partial charge in [0.25, 0.3) is 5.91 Å². The fraction of sp³-hybridized carbons (Fsp3) is 0.583. The van der Waals surface area contributed by atoms with Gasteiger partial charge < -0.3 is 25.4 Å². The first-order valence-electron chi connectivity index (χ1n) is 12.2. The van der Waals surface area contributed by atoms with Crippen LogP contribution in [0.1, 0.15) is 49.0 Å². The normalized spacial score (nSPS) is 22.1. The molecule has 11 heteroatoms. The SMILES string of the molecule is N#C[C@@H]1C[C@@H]1COc1nc(C(=O)NC2CCC2)cc(N2CCC(COc3cncnc3N)CC2)n1. The monoisotopic (exact) mass is 478 g/mol. The highest BCUT2D eigenvalue weighted by Gasteiger charge is 2.38. The van der Waals surface area contributed by atoms with Gasteiger partial charge in [-0.2, -0.15) is 15.2 Å². The Morgan fingerprint density at radius 1 is 1.20 bits per heavy atom. The van der Waals surface area contributed by atoms with E-state index in [1.165, 1.54) is 6.33 Å². The lowest BCUT2D eigenvalue weighted by Gasteiger charge is -2.33. The van der Waals surface area contributed by atoms with Crippen molar-refractivity contribution in [3.05, 3.63) is 24.3 Å². The molecule has 1 amide bonds. The van der Waals surface area contributed by atoms with Crippen molar-refractivity contribution < 1.29 is 14.3 Å². The van der Waals surface area contributed by atoms with E-state index in [1.807, 2.05) is 0 Å². The molecule has 2 aliphatic carbocycles. The lowest BCUT2D eigenvalue weighted by molar-refractivity contribution is 0.0910. The molecule has 1 saturated heterocycles. The molecule has 3 aliphatic rings. The molecule has 0 bridgehead atoms. The van der Waals surface area contributed by atoms with Crippen LogP contribution in [0.2, 0.25) is 0 Å². The van der Waals surface area contributed by atoms with E-state index in [0.29, 0.717) is 42.2 Å². The second-order valence-corrected chi connectivity index (χ2v) is 9.55. The molecule has 5 rings (SSSR count). The van der Waals surface area contributed by atoms with Gasteiger partial charge in [-0.15, -0.1) is 0 Å². The van der Waals surface area contributed by atoms with Crippen molar-refractivity contribution in [2.24, 2.45) is 17.8 Å². The summed E-state index contributed by atoms with van der Waals surface area (Å²) in [5.41, 5.74) is 6.15. The number of amides is 1. The van der Waals surface area contributed by atoms with Crippen LogP contribution in [0.25, 0.3) is 0 Å². The molecule has 3 heterocycles. The second-order valence-electron chi connectivity index (χ2n) is 9.55. The number of hydrogen-bond donors (Lipinski definition) is 2. The number of nitrogens with one attached hydrogen (secondary N) is 1. The molecular weight excluding hydrogens is 448 g/mol. The van der Waals surface area contributed by atoms with Gasteiger partial charge in [-0.1, -0.05) is 0 Å². The van der Waals surface area contributed by atoms with Gasteiger partial charge in [-0.25, -0.2) is 9.97 Å². The molecule has 0 radical (unpaired) electrons. The van der Waals surface area contributed by atoms with Crippen LogP contribution in [0, 0.1) is 29.1 Å². The lowest BCUT2D eigenvalue weighted by Crippen LogP contribution is -2.40. The number of ether oxygens (including phenoxy) is 2. The predicted molar refractivity (Wildman–Crippen MR) is 127 cm³/mol. The van der Waals surface area contributed by atoms with E-state index in [9.17, 15) is 4.79 Å². The molecule has 35 heavy (non-hydrogen) atoms. The maximum atomic E-state index is 12.8. The first kappa shape index (κ1) is 23.1. The zero-order chi connectivity index (χ0) is 24.2. The summed E-state index contributed by atoms with van der Waals surface area (Å²) in [4.78, 5) is 31.9. The molecule has 2 aromatic rings. The maximum Gasteiger partial charge on any atom is 0.319 e. The molecule has 184 valence electrons. The fourth-order valence-corrected chi connectivity index (χ4v) is 4.31. The van der Waals surface area contributed by atoms with E-state index in [-0.39, 0.29) is 29.8 Å². The van der Waals surface area contributed by atoms with Gasteiger partial charge in [0.15, 0.2) is 11.6 Å². The van der Waals surface area contributed by atoms with Crippen molar-refractivity contribution in [2.45, 2.75) is 44.6 Å². The first-order chi connectivity index (χ1) is 17.1. The minimum atomic E-state index is -0.199. The number of nitriles is 1. The van der Waals surface area contributed by atoms with Gasteiger partial charge >= 0.3 is 6.01 Å². The van der Waals surface area contributed by atoms with Crippen molar-refractivity contribution in [2.75, 3.05) is 36.9 Å². The number of hydrogen-bond acceptors (Lipinski definition) is 10. The average Bonchev–Trinajstić information content (AvgIpc) is 3.63. The Labute approximate surface area is 204 Å². The Kier molecular flexibility index (Phi) is 6.79. The van der Waals surface area contributed by atoms with Crippen LogP contribution in [-0.2, 0) is 0 Å². The number of carbonyl (C=O) groups is 1. The minimum absolute atomic E-state index is 0.0404. The second kappa shape index (κ2) is 10.3. The quantitative estimate of drug-likeness (QED) is 0.547. The fourth-order valence-electron chi connectivity index (χ4n) is 4.31. The lowest BCUT2D eigenvalue weighted by atomic mass is 9.93. The number of rotatable bonds is 9. The number of nitrogen functional groups attached to an aromatic ring is 1. The number of nitrogens with two attached hydrogens (primary N) is 1. The highest BCUT2D eigenvalue weighted by Crippen LogP contribution is 2.37. The summed E-state index contributed by atoms with van der Waals surface area (Å²) in [5, 5.41) is 12.1. The third kappa shape index (κ3) is 5.70. The summed E-state index contributed by atoms with van der Waals surface area (Å²) < 4.78 is 11.7. The topological polar surface area (TPSA) is 152 Å². The minimum Gasteiger partial charge on any atom is -0.488 e. The highest BCUT2D eigenvalue weighted by atomic mass is 16.5. The number of carbonyl (C=O) groups excluding carboxylic acids is 1. The van der Waals surface area contributed by atoms with Crippen LogP contribution in [0.15, 0.2) is 18.6 Å². The Morgan fingerprint density at radius 2 is 2.03 bits per heavy atom. The predicted octanol–water partition coefficient (Wildman–Crippen LogP) is 1.96. The van der Waals surface area contributed by atoms with Crippen LogP contribution < -0.4 is 25.4 Å². The van der Waals surface area contributed by atoms with Crippen LogP contribution >= 0.6 is 0 Å². The van der Waals surface area contributed by atoms with Gasteiger partial charge in [0, 0.05) is 31.1 Å². The van der Waals surface area contributed by atoms with Crippen molar-refractivity contribution in [3.8, 4) is 17.8 Å². The zero-order valence-electron chi connectivity index (χ0n) is 19.6. The molecule has 11 nitrogen and oxygen atoms in total. The third-order valence-electron chi connectivity index (χ3n) is 7.00. The third-order valence-corrected chi connectivity index (χ3v) is 7.00. The molecular formula is C24H30N8O3. The number of anilines is 2. The largest absolute Gasteiger partial charge is 0.488 e. The smallest absolute Gasteiger partial charge is 0.319 e. The summed E-state index contributed by atoms with van der Waals surface area (Å²) in [5.74, 6) is 1.94. The van der Waals surface area contributed by atoms with Gasteiger partial charge in [0.2, 0.25) is 0 Å². The number of aromatic nitrogens is 4. The summed E-state index contributed by atoms with van der Waals surface area (Å²) >= 11 is 0.